The first kappa shape index (κ1) is 26.2. The Hall–Kier alpha value is -2.09. The zero-order valence-electron chi connectivity index (χ0n) is 18.9. The number of amides is 1. The van der Waals surface area contributed by atoms with Gasteiger partial charge in [-0.1, -0.05) is 32.0 Å². The van der Waals surface area contributed by atoms with Crippen LogP contribution in [0.4, 0.5) is 10.1 Å². The van der Waals surface area contributed by atoms with Gasteiger partial charge < -0.3 is 20.8 Å². The molecule has 0 bridgehead atoms. The number of halogens is 1. The number of hydrogen-bond donors (Lipinski definition) is 5. The van der Waals surface area contributed by atoms with Crippen LogP contribution >= 0.6 is 12.6 Å². The van der Waals surface area contributed by atoms with Crippen molar-refractivity contribution in [3.05, 3.63) is 65.0 Å². The number of aryl methyl sites for hydroxylation is 2. The molecule has 1 amide bonds. The second-order valence-electron chi connectivity index (χ2n) is 8.32. The van der Waals surface area contributed by atoms with E-state index in [9.17, 15) is 19.4 Å². The maximum atomic E-state index is 13.2. The van der Waals surface area contributed by atoms with Gasteiger partial charge >= 0.3 is 0 Å². The third-order valence-electron chi connectivity index (χ3n) is 5.53. The number of carbonyl (C=O) groups excluding carboxylic acids is 1. The van der Waals surface area contributed by atoms with Crippen LogP contribution in [0.25, 0.3) is 0 Å². The molecule has 2 aromatic carbocycles. The number of carbonyl (C=O) groups is 1. The molecular formula is C25H35FN2O3S. The van der Waals surface area contributed by atoms with Gasteiger partial charge in [-0.15, -0.1) is 0 Å². The Morgan fingerprint density at radius 3 is 2.41 bits per heavy atom. The summed E-state index contributed by atoms with van der Waals surface area (Å²) in [6.45, 7) is 4.38. The van der Waals surface area contributed by atoms with Crippen molar-refractivity contribution in [3.8, 4) is 0 Å². The van der Waals surface area contributed by atoms with Crippen LogP contribution in [-0.4, -0.2) is 47.2 Å². The third kappa shape index (κ3) is 8.45. The predicted molar refractivity (Wildman–Crippen MR) is 131 cm³/mol. The zero-order valence-corrected chi connectivity index (χ0v) is 19.7. The maximum absolute atomic E-state index is 13.2. The number of rotatable bonds is 13. The molecule has 0 aromatic heterocycles. The van der Waals surface area contributed by atoms with Crippen molar-refractivity contribution in [2.75, 3.05) is 25.1 Å². The molecule has 2 atom stereocenters. The largest absolute Gasteiger partial charge is 0.394 e. The van der Waals surface area contributed by atoms with E-state index in [1.165, 1.54) is 12.1 Å². The first-order valence-electron chi connectivity index (χ1n) is 11.2. The standard InChI is InChI=1S/C25H35FN2O3S/c1-3-23(32)12-17(2)14-27-21-11-8-19(7-4-18-5-9-20(26)10-6-18)24(13-21)25(31)28-22(15-29)16-30/h5-6,8-11,13,17,22-23,27,29-30,32H,3-4,7,12,14-16H2,1-2H3,(H,28,31). The second kappa shape index (κ2) is 13.5. The lowest BCUT2D eigenvalue weighted by Crippen LogP contribution is -2.40. The summed E-state index contributed by atoms with van der Waals surface area (Å²) in [6, 6.07) is 11.3. The fraction of sp³-hybridized carbons (Fsp3) is 0.480. The van der Waals surface area contributed by atoms with Crippen molar-refractivity contribution in [1.82, 2.24) is 5.32 Å². The van der Waals surface area contributed by atoms with Crippen LogP contribution in [0.1, 0.15) is 48.2 Å². The average molecular weight is 463 g/mol. The van der Waals surface area contributed by atoms with E-state index < -0.39 is 6.04 Å². The molecule has 0 aliphatic heterocycles. The summed E-state index contributed by atoms with van der Waals surface area (Å²) in [7, 11) is 0. The molecule has 0 radical (unpaired) electrons. The first-order valence-corrected chi connectivity index (χ1v) is 11.7. The highest BCUT2D eigenvalue weighted by molar-refractivity contribution is 7.80. The third-order valence-corrected chi connectivity index (χ3v) is 6.10. The van der Waals surface area contributed by atoms with Gasteiger partial charge in [0.1, 0.15) is 5.82 Å². The van der Waals surface area contributed by atoms with Crippen molar-refractivity contribution >= 4 is 24.2 Å². The Morgan fingerprint density at radius 2 is 1.78 bits per heavy atom. The van der Waals surface area contributed by atoms with Crippen LogP contribution in [0.5, 0.6) is 0 Å². The van der Waals surface area contributed by atoms with Gasteiger partial charge in [-0.2, -0.15) is 12.6 Å². The van der Waals surface area contributed by atoms with Crippen LogP contribution in [0.15, 0.2) is 42.5 Å². The van der Waals surface area contributed by atoms with Crippen molar-refractivity contribution in [3.63, 3.8) is 0 Å². The van der Waals surface area contributed by atoms with Crippen LogP contribution in [0, 0.1) is 11.7 Å². The summed E-state index contributed by atoms with van der Waals surface area (Å²) in [5, 5.41) is 25.1. The monoisotopic (exact) mass is 462 g/mol. The highest BCUT2D eigenvalue weighted by Gasteiger charge is 2.17. The molecule has 32 heavy (non-hydrogen) atoms. The summed E-state index contributed by atoms with van der Waals surface area (Å²) in [4.78, 5) is 12.9. The molecule has 4 N–H and O–H groups in total. The zero-order chi connectivity index (χ0) is 23.5. The van der Waals surface area contributed by atoms with E-state index in [-0.39, 0.29) is 24.9 Å². The minimum absolute atomic E-state index is 0.277. The topological polar surface area (TPSA) is 81.6 Å². The average Bonchev–Trinajstić information content (AvgIpc) is 2.80. The summed E-state index contributed by atoms with van der Waals surface area (Å²) in [6.07, 6.45) is 3.29. The minimum Gasteiger partial charge on any atom is -0.394 e. The molecular weight excluding hydrogens is 427 g/mol. The van der Waals surface area contributed by atoms with Crippen molar-refractivity contribution in [1.29, 1.82) is 0 Å². The van der Waals surface area contributed by atoms with E-state index >= 15 is 0 Å². The Bertz CT molecular complexity index is 844. The van der Waals surface area contributed by atoms with Gasteiger partial charge in [0, 0.05) is 23.0 Å². The van der Waals surface area contributed by atoms with Crippen LogP contribution in [0.3, 0.4) is 0 Å². The summed E-state index contributed by atoms with van der Waals surface area (Å²) >= 11 is 4.57. The molecule has 2 unspecified atom stereocenters. The van der Waals surface area contributed by atoms with E-state index in [2.05, 4.69) is 37.1 Å². The van der Waals surface area contributed by atoms with Crippen LogP contribution in [0.2, 0.25) is 0 Å². The quantitative estimate of drug-likeness (QED) is 0.293. The summed E-state index contributed by atoms with van der Waals surface area (Å²) in [5.41, 5.74) is 3.16. The Morgan fingerprint density at radius 1 is 1.09 bits per heavy atom. The minimum atomic E-state index is -0.717. The Kier molecular flexibility index (Phi) is 11.0. The summed E-state index contributed by atoms with van der Waals surface area (Å²) in [5.74, 6) is -0.188. The van der Waals surface area contributed by atoms with Gasteiger partial charge in [0.2, 0.25) is 0 Å². The lowest BCUT2D eigenvalue weighted by molar-refractivity contribution is 0.0878. The van der Waals surface area contributed by atoms with Gasteiger partial charge in [-0.25, -0.2) is 4.39 Å². The molecule has 176 valence electrons. The van der Waals surface area contributed by atoms with E-state index in [4.69, 9.17) is 0 Å². The van der Waals surface area contributed by atoms with Gasteiger partial charge in [-0.3, -0.25) is 4.79 Å². The Labute approximate surface area is 195 Å². The highest BCUT2D eigenvalue weighted by Crippen LogP contribution is 2.20. The van der Waals surface area contributed by atoms with E-state index in [0.717, 1.165) is 36.2 Å². The van der Waals surface area contributed by atoms with Crippen molar-refractivity contribution < 1.29 is 19.4 Å². The van der Waals surface area contributed by atoms with Crippen molar-refractivity contribution in [2.45, 2.75) is 50.8 Å². The molecule has 0 spiro atoms. The number of anilines is 1. The normalized spacial score (nSPS) is 13.1. The molecule has 0 saturated heterocycles. The predicted octanol–water partition coefficient (Wildman–Crippen LogP) is 3.84. The first-order chi connectivity index (χ1) is 15.4. The van der Waals surface area contributed by atoms with E-state index in [0.29, 0.717) is 29.6 Å². The molecule has 7 heteroatoms. The van der Waals surface area contributed by atoms with E-state index in [1.807, 2.05) is 18.2 Å². The second-order valence-corrected chi connectivity index (χ2v) is 9.05. The number of benzene rings is 2. The fourth-order valence-corrected chi connectivity index (χ4v) is 3.82. The Balaban J connectivity index is 2.15. The van der Waals surface area contributed by atoms with Crippen LogP contribution < -0.4 is 10.6 Å². The molecule has 0 fully saturated rings. The van der Waals surface area contributed by atoms with Gasteiger partial charge in [0.05, 0.1) is 19.3 Å². The molecule has 2 rings (SSSR count). The number of nitrogens with one attached hydrogen (secondary N) is 2. The van der Waals surface area contributed by atoms with Crippen LogP contribution in [-0.2, 0) is 12.8 Å². The highest BCUT2D eigenvalue weighted by atomic mass is 32.1. The number of aliphatic hydroxyl groups excluding tert-OH is 2. The molecule has 0 aliphatic carbocycles. The number of hydrogen-bond acceptors (Lipinski definition) is 5. The smallest absolute Gasteiger partial charge is 0.252 e. The number of thiol groups is 1. The molecule has 0 aliphatic rings. The number of aliphatic hydroxyl groups is 2. The van der Waals surface area contributed by atoms with Gasteiger partial charge in [-0.05, 0) is 67.0 Å². The lowest BCUT2D eigenvalue weighted by Gasteiger charge is -2.19. The molecule has 5 nitrogen and oxygen atoms in total. The molecule has 2 aromatic rings. The van der Waals surface area contributed by atoms with Gasteiger partial charge in [0.15, 0.2) is 0 Å². The maximum Gasteiger partial charge on any atom is 0.252 e. The molecule has 0 heterocycles. The van der Waals surface area contributed by atoms with Crippen molar-refractivity contribution in [2.24, 2.45) is 5.92 Å². The SMILES string of the molecule is CCC(S)CC(C)CNc1ccc(CCc2ccc(F)cc2)c(C(=O)NC(CO)CO)c1. The fourth-order valence-electron chi connectivity index (χ4n) is 3.46. The van der Waals surface area contributed by atoms with Gasteiger partial charge in [0.25, 0.3) is 5.91 Å². The lowest BCUT2D eigenvalue weighted by atomic mass is 9.98. The van der Waals surface area contributed by atoms with E-state index in [1.54, 1.807) is 12.1 Å². The summed E-state index contributed by atoms with van der Waals surface area (Å²) < 4.78 is 13.2. The molecule has 0 saturated carbocycles.